The lowest BCUT2D eigenvalue weighted by atomic mass is 9.74. The van der Waals surface area contributed by atoms with Crippen LogP contribution in [0.3, 0.4) is 0 Å². The Kier molecular flexibility index (Phi) is 8.40. The van der Waals surface area contributed by atoms with E-state index in [1.165, 1.54) is 0 Å². The number of nitrogens with zero attached hydrogens (tertiary/aromatic N) is 4. The summed E-state index contributed by atoms with van der Waals surface area (Å²) in [5.74, 6) is 0.897. The number of likely N-dealkylation sites (tertiary alicyclic amines) is 2. The Labute approximate surface area is 244 Å². The summed E-state index contributed by atoms with van der Waals surface area (Å²) in [6.07, 6.45) is 4.87. The van der Waals surface area contributed by atoms with Crippen LogP contribution in [0.25, 0.3) is 0 Å². The number of rotatable bonds is 6. The smallest absolute Gasteiger partial charge is 0.231 e. The average Bonchev–Trinajstić information content (AvgIpc) is 3.71. The van der Waals surface area contributed by atoms with E-state index in [0.29, 0.717) is 30.1 Å². The number of nitrogens with one attached hydrogen (secondary N) is 1. The fourth-order valence-electron chi connectivity index (χ4n) is 6.98. The second kappa shape index (κ2) is 11.5. The fourth-order valence-corrected chi connectivity index (χ4v) is 7.11. The standard InChI is InChI=1S/C31H46ClN5O3/c1-30(2)12-9-23(10-13-30)37(28(40)31(3,4)20-38)24-11-16-35(17-24)27(39)26-19-36(29-33-14-15-34-29)18-25(26)21-5-7-22(32)8-6-21/h5-8,23-26,38H,9-20H2,1-4H3,(H,33,34)/t24?,25-,26+/m0/s1. The molecule has 220 valence electrons. The van der Waals surface area contributed by atoms with Crippen molar-refractivity contribution in [3.63, 3.8) is 0 Å². The number of benzene rings is 1. The molecule has 0 aromatic heterocycles. The molecule has 0 radical (unpaired) electrons. The summed E-state index contributed by atoms with van der Waals surface area (Å²) in [6.45, 7) is 12.2. The molecule has 1 unspecified atom stereocenters. The van der Waals surface area contributed by atoms with Gasteiger partial charge in [-0.2, -0.15) is 0 Å². The van der Waals surface area contributed by atoms with Crippen molar-refractivity contribution >= 4 is 29.4 Å². The quantitative estimate of drug-likeness (QED) is 0.543. The highest BCUT2D eigenvalue weighted by Crippen LogP contribution is 2.40. The van der Waals surface area contributed by atoms with Crippen molar-refractivity contribution in [2.75, 3.05) is 45.9 Å². The lowest BCUT2D eigenvalue weighted by Crippen LogP contribution is -2.55. The number of aliphatic hydroxyl groups excluding tert-OH is 1. The second-order valence-electron chi connectivity index (χ2n) is 13.7. The van der Waals surface area contributed by atoms with Crippen molar-refractivity contribution in [3.8, 4) is 0 Å². The first-order valence-corrected chi connectivity index (χ1v) is 15.4. The zero-order valence-electron chi connectivity index (χ0n) is 24.5. The molecule has 4 aliphatic rings. The van der Waals surface area contributed by atoms with Gasteiger partial charge in [-0.05, 0) is 69.1 Å². The summed E-state index contributed by atoms with van der Waals surface area (Å²) in [7, 11) is 0. The van der Waals surface area contributed by atoms with Crippen molar-refractivity contribution in [3.05, 3.63) is 34.9 Å². The first-order chi connectivity index (χ1) is 19.0. The topological polar surface area (TPSA) is 88.5 Å². The molecule has 1 aromatic carbocycles. The largest absolute Gasteiger partial charge is 0.395 e. The van der Waals surface area contributed by atoms with Crippen LogP contribution in [0.15, 0.2) is 29.3 Å². The molecule has 0 bridgehead atoms. The predicted molar refractivity (Wildman–Crippen MR) is 158 cm³/mol. The molecule has 3 fully saturated rings. The first kappa shape index (κ1) is 29.2. The van der Waals surface area contributed by atoms with E-state index in [-0.39, 0.29) is 42.3 Å². The number of hydrogen-bond donors (Lipinski definition) is 2. The van der Waals surface area contributed by atoms with Crippen molar-refractivity contribution in [1.29, 1.82) is 0 Å². The Morgan fingerprint density at radius 2 is 1.80 bits per heavy atom. The van der Waals surface area contributed by atoms with Crippen LogP contribution in [0, 0.1) is 16.7 Å². The van der Waals surface area contributed by atoms with Gasteiger partial charge >= 0.3 is 0 Å². The molecule has 3 heterocycles. The highest BCUT2D eigenvalue weighted by atomic mass is 35.5. The molecule has 2 N–H and O–H groups in total. The molecule has 9 heteroatoms. The highest BCUT2D eigenvalue weighted by Gasteiger charge is 2.46. The van der Waals surface area contributed by atoms with Crippen LogP contribution >= 0.6 is 11.6 Å². The Morgan fingerprint density at radius 1 is 1.10 bits per heavy atom. The number of guanidine groups is 1. The third-order valence-electron chi connectivity index (χ3n) is 9.67. The molecular formula is C31H46ClN5O3. The zero-order chi connectivity index (χ0) is 28.7. The molecule has 2 saturated heterocycles. The number of amides is 2. The summed E-state index contributed by atoms with van der Waals surface area (Å²) in [6, 6.07) is 8.00. The molecule has 1 aromatic rings. The van der Waals surface area contributed by atoms with Gasteiger partial charge in [-0.15, -0.1) is 0 Å². The van der Waals surface area contributed by atoms with Crippen LogP contribution in [-0.4, -0.2) is 95.5 Å². The van der Waals surface area contributed by atoms with Gasteiger partial charge in [0.05, 0.1) is 30.5 Å². The summed E-state index contributed by atoms with van der Waals surface area (Å²) < 4.78 is 0. The molecular weight excluding hydrogens is 526 g/mol. The molecule has 2 amide bonds. The minimum atomic E-state index is -0.842. The second-order valence-corrected chi connectivity index (χ2v) is 14.1. The van der Waals surface area contributed by atoms with Crippen LogP contribution in [-0.2, 0) is 9.59 Å². The van der Waals surface area contributed by atoms with E-state index < -0.39 is 5.41 Å². The summed E-state index contributed by atoms with van der Waals surface area (Å²) in [5, 5.41) is 14.1. The van der Waals surface area contributed by atoms with Gasteiger partial charge in [-0.25, -0.2) is 0 Å². The molecule has 5 rings (SSSR count). The van der Waals surface area contributed by atoms with Gasteiger partial charge in [-0.1, -0.05) is 37.6 Å². The van der Waals surface area contributed by atoms with Gasteiger partial charge in [0.2, 0.25) is 11.8 Å². The van der Waals surface area contributed by atoms with Crippen molar-refractivity contribution in [1.82, 2.24) is 20.0 Å². The Bertz CT molecular complexity index is 1110. The maximum Gasteiger partial charge on any atom is 0.231 e. The van der Waals surface area contributed by atoms with E-state index >= 15 is 0 Å². The Morgan fingerprint density at radius 3 is 2.42 bits per heavy atom. The molecule has 0 spiro atoms. The monoisotopic (exact) mass is 571 g/mol. The third kappa shape index (κ3) is 5.98. The first-order valence-electron chi connectivity index (χ1n) is 15.0. The normalized spacial score (nSPS) is 27.1. The Hall–Kier alpha value is -2.32. The lowest BCUT2D eigenvalue weighted by molar-refractivity contribution is -0.149. The van der Waals surface area contributed by atoms with Crippen molar-refractivity contribution in [2.45, 2.75) is 77.8 Å². The molecule has 3 atom stereocenters. The highest BCUT2D eigenvalue weighted by molar-refractivity contribution is 6.30. The van der Waals surface area contributed by atoms with E-state index in [4.69, 9.17) is 11.6 Å². The maximum atomic E-state index is 14.2. The van der Waals surface area contributed by atoms with Crippen LogP contribution in [0.1, 0.15) is 71.3 Å². The number of halogens is 1. The Balaban J connectivity index is 1.35. The van der Waals surface area contributed by atoms with Crippen LogP contribution < -0.4 is 5.32 Å². The maximum absolute atomic E-state index is 14.2. The van der Waals surface area contributed by atoms with Crippen molar-refractivity contribution < 1.29 is 14.7 Å². The van der Waals surface area contributed by atoms with Gasteiger partial charge in [0.1, 0.15) is 0 Å². The van der Waals surface area contributed by atoms with Gasteiger partial charge < -0.3 is 25.1 Å². The van der Waals surface area contributed by atoms with Crippen LogP contribution in [0.4, 0.5) is 0 Å². The zero-order valence-corrected chi connectivity index (χ0v) is 25.3. The average molecular weight is 572 g/mol. The van der Waals surface area contributed by atoms with E-state index in [2.05, 4.69) is 34.0 Å². The molecule has 1 saturated carbocycles. The SMILES string of the molecule is CC1(C)CCC(N(C(=O)C(C)(C)CO)C2CCN(C(=O)[C@@H]3CN(C4=NCCN4)C[C@H]3c3ccc(Cl)cc3)C2)CC1. The molecule has 40 heavy (non-hydrogen) atoms. The number of aliphatic hydroxyl groups is 1. The summed E-state index contributed by atoms with van der Waals surface area (Å²) >= 11 is 6.18. The summed E-state index contributed by atoms with van der Waals surface area (Å²) in [5.41, 5.74) is 0.565. The third-order valence-corrected chi connectivity index (χ3v) is 9.92. The molecule has 3 aliphatic heterocycles. The van der Waals surface area contributed by atoms with Crippen molar-refractivity contribution in [2.24, 2.45) is 21.7 Å². The minimum absolute atomic E-state index is 0.00964. The summed E-state index contributed by atoms with van der Waals surface area (Å²) in [4.78, 5) is 38.9. The van der Waals surface area contributed by atoms with E-state index in [9.17, 15) is 14.7 Å². The van der Waals surface area contributed by atoms with Gasteiger partial charge in [0.25, 0.3) is 0 Å². The van der Waals surface area contributed by atoms with E-state index in [0.717, 1.165) is 63.3 Å². The number of carbonyl (C=O) groups excluding carboxylic acids is 2. The number of carbonyl (C=O) groups is 2. The molecule has 8 nitrogen and oxygen atoms in total. The number of aliphatic imine (C=N–C) groups is 1. The predicted octanol–water partition coefficient (Wildman–Crippen LogP) is 3.73. The molecule has 1 aliphatic carbocycles. The lowest BCUT2D eigenvalue weighted by Gasteiger charge is -2.45. The minimum Gasteiger partial charge on any atom is -0.395 e. The van der Waals surface area contributed by atoms with Gasteiger partial charge in [0, 0.05) is 49.7 Å². The van der Waals surface area contributed by atoms with Gasteiger partial charge in [-0.3, -0.25) is 14.6 Å². The number of hydrogen-bond acceptors (Lipinski definition) is 6. The van der Waals surface area contributed by atoms with Crippen LogP contribution in [0.5, 0.6) is 0 Å². The van der Waals surface area contributed by atoms with Crippen LogP contribution in [0.2, 0.25) is 5.02 Å². The fraction of sp³-hybridized carbons (Fsp3) is 0.710. The van der Waals surface area contributed by atoms with Gasteiger partial charge in [0.15, 0.2) is 5.96 Å². The van der Waals surface area contributed by atoms with E-state index in [1.54, 1.807) is 0 Å². The van der Waals surface area contributed by atoms with E-state index in [1.807, 2.05) is 43.0 Å².